The summed E-state index contributed by atoms with van der Waals surface area (Å²) >= 11 is 7.46. The van der Waals surface area contributed by atoms with Crippen LogP contribution in [0.2, 0.25) is 5.02 Å². The summed E-state index contributed by atoms with van der Waals surface area (Å²) in [7, 11) is 3.07. The van der Waals surface area contributed by atoms with Crippen molar-refractivity contribution in [3.63, 3.8) is 0 Å². The molecule has 2 rings (SSSR count). The summed E-state index contributed by atoms with van der Waals surface area (Å²) in [5, 5.41) is 5.10. The lowest BCUT2D eigenvalue weighted by Crippen LogP contribution is -2.33. The number of benzene rings is 1. The topological polar surface area (TPSA) is 58.6 Å². The molecule has 0 saturated heterocycles. The third-order valence-corrected chi connectivity index (χ3v) is 4.20. The van der Waals surface area contributed by atoms with Gasteiger partial charge in [-0.15, -0.1) is 11.3 Å². The highest BCUT2D eigenvalue weighted by molar-refractivity contribution is 7.10. The molecule has 2 amide bonds. The van der Waals surface area contributed by atoms with Gasteiger partial charge in [0.05, 0.1) is 19.3 Å². The van der Waals surface area contributed by atoms with E-state index in [1.807, 2.05) is 17.5 Å². The number of halogens is 1. The van der Waals surface area contributed by atoms with Crippen molar-refractivity contribution in [1.82, 2.24) is 4.90 Å². The van der Waals surface area contributed by atoms with Gasteiger partial charge in [0, 0.05) is 23.0 Å². The molecule has 1 heterocycles. The molecule has 0 atom stereocenters. The highest BCUT2D eigenvalue weighted by Gasteiger charge is 2.13. The number of ether oxygens (including phenoxy) is 1. The normalized spacial score (nSPS) is 10.6. The van der Waals surface area contributed by atoms with Crippen molar-refractivity contribution in [2.75, 3.05) is 26.0 Å². The number of amides is 2. The highest BCUT2D eigenvalue weighted by atomic mass is 35.5. The lowest BCUT2D eigenvalue weighted by atomic mass is 10.3. The standard InChI is InChI=1S/C17H17ClN2O3S/c1-20(17(22)8-6-13-4-3-9-24-13)11-16(21)19-14-10-12(18)5-7-15(14)23-2/h3-10H,11H2,1-2H3,(H,19,21)/b8-6+. The van der Waals surface area contributed by atoms with Gasteiger partial charge in [-0.2, -0.15) is 0 Å². The van der Waals surface area contributed by atoms with Crippen LogP contribution < -0.4 is 10.1 Å². The average Bonchev–Trinajstić information content (AvgIpc) is 3.06. The van der Waals surface area contributed by atoms with E-state index in [0.717, 1.165) is 4.88 Å². The molecule has 0 fully saturated rings. The van der Waals surface area contributed by atoms with E-state index in [1.165, 1.54) is 29.4 Å². The minimum atomic E-state index is -0.337. The first-order valence-electron chi connectivity index (χ1n) is 7.09. The van der Waals surface area contributed by atoms with E-state index in [-0.39, 0.29) is 18.4 Å². The number of anilines is 1. The van der Waals surface area contributed by atoms with Crippen LogP contribution in [0.25, 0.3) is 6.08 Å². The Morgan fingerprint density at radius 3 is 2.83 bits per heavy atom. The van der Waals surface area contributed by atoms with Crippen LogP contribution in [-0.2, 0) is 9.59 Å². The fourth-order valence-electron chi connectivity index (χ4n) is 1.93. The molecule has 5 nitrogen and oxygen atoms in total. The maximum absolute atomic E-state index is 12.1. The van der Waals surface area contributed by atoms with Crippen LogP contribution in [0.4, 0.5) is 5.69 Å². The van der Waals surface area contributed by atoms with Gasteiger partial charge in [0.1, 0.15) is 5.75 Å². The van der Waals surface area contributed by atoms with Crippen molar-refractivity contribution < 1.29 is 14.3 Å². The lowest BCUT2D eigenvalue weighted by Gasteiger charge is -2.16. The first kappa shape index (κ1) is 18.0. The van der Waals surface area contributed by atoms with Crippen molar-refractivity contribution in [1.29, 1.82) is 0 Å². The van der Waals surface area contributed by atoms with Gasteiger partial charge in [-0.1, -0.05) is 17.7 Å². The molecule has 24 heavy (non-hydrogen) atoms. The second-order valence-corrected chi connectivity index (χ2v) is 6.35. The van der Waals surface area contributed by atoms with E-state index >= 15 is 0 Å². The summed E-state index contributed by atoms with van der Waals surface area (Å²) in [6, 6.07) is 8.74. The summed E-state index contributed by atoms with van der Waals surface area (Å²) < 4.78 is 5.17. The van der Waals surface area contributed by atoms with Crippen LogP contribution in [0.1, 0.15) is 4.88 Å². The van der Waals surface area contributed by atoms with Gasteiger partial charge in [-0.05, 0) is 35.7 Å². The van der Waals surface area contributed by atoms with Gasteiger partial charge in [-0.3, -0.25) is 9.59 Å². The Hall–Kier alpha value is -2.31. The number of thiophene rings is 1. The zero-order valence-electron chi connectivity index (χ0n) is 13.3. The fraction of sp³-hybridized carbons (Fsp3) is 0.176. The minimum absolute atomic E-state index is 0.0801. The molecule has 0 aliphatic carbocycles. The number of likely N-dealkylation sites (N-methyl/N-ethyl adjacent to an activating group) is 1. The van der Waals surface area contributed by atoms with E-state index < -0.39 is 0 Å². The Balaban J connectivity index is 1.94. The molecule has 2 aromatic rings. The van der Waals surface area contributed by atoms with E-state index in [2.05, 4.69) is 5.32 Å². The van der Waals surface area contributed by atoms with Crippen molar-refractivity contribution >= 4 is 46.5 Å². The van der Waals surface area contributed by atoms with Crippen molar-refractivity contribution in [2.24, 2.45) is 0 Å². The zero-order valence-corrected chi connectivity index (χ0v) is 14.9. The lowest BCUT2D eigenvalue weighted by molar-refractivity contribution is -0.129. The maximum Gasteiger partial charge on any atom is 0.246 e. The molecule has 1 aromatic heterocycles. The van der Waals surface area contributed by atoms with Gasteiger partial charge in [0.25, 0.3) is 0 Å². The molecule has 0 aliphatic heterocycles. The molecule has 7 heteroatoms. The largest absolute Gasteiger partial charge is 0.495 e. The third kappa shape index (κ3) is 5.11. The molecule has 0 unspecified atom stereocenters. The molecule has 126 valence electrons. The van der Waals surface area contributed by atoms with Gasteiger partial charge in [0.2, 0.25) is 11.8 Å². The highest BCUT2D eigenvalue weighted by Crippen LogP contribution is 2.27. The monoisotopic (exact) mass is 364 g/mol. The Labute approximate surface area is 149 Å². The maximum atomic E-state index is 12.1. The Bertz CT molecular complexity index is 744. The SMILES string of the molecule is COc1ccc(Cl)cc1NC(=O)CN(C)C(=O)/C=C/c1cccs1. The molecule has 1 aromatic carbocycles. The molecular weight excluding hydrogens is 348 g/mol. The number of hydrogen-bond acceptors (Lipinski definition) is 4. The zero-order chi connectivity index (χ0) is 17.5. The number of hydrogen-bond donors (Lipinski definition) is 1. The van der Waals surface area contributed by atoms with E-state index in [0.29, 0.717) is 16.5 Å². The van der Waals surface area contributed by atoms with E-state index in [9.17, 15) is 9.59 Å². The molecule has 0 spiro atoms. The smallest absolute Gasteiger partial charge is 0.246 e. The summed E-state index contributed by atoms with van der Waals surface area (Å²) in [6.07, 6.45) is 3.17. The van der Waals surface area contributed by atoms with Crippen LogP contribution in [0, 0.1) is 0 Å². The molecule has 0 bridgehead atoms. The van der Waals surface area contributed by atoms with Gasteiger partial charge < -0.3 is 15.0 Å². The van der Waals surface area contributed by atoms with Crippen molar-refractivity contribution in [2.45, 2.75) is 0 Å². The first-order valence-corrected chi connectivity index (χ1v) is 8.35. The quantitative estimate of drug-likeness (QED) is 0.798. The molecule has 0 saturated carbocycles. The molecule has 0 radical (unpaired) electrons. The number of carbonyl (C=O) groups excluding carboxylic acids is 2. The van der Waals surface area contributed by atoms with Gasteiger partial charge in [-0.25, -0.2) is 0 Å². The minimum Gasteiger partial charge on any atom is -0.495 e. The summed E-state index contributed by atoms with van der Waals surface area (Å²) in [4.78, 5) is 26.4. The number of methoxy groups -OCH3 is 1. The predicted molar refractivity (Wildman–Crippen MR) is 97.6 cm³/mol. The molecular formula is C17H17ClN2O3S. The van der Waals surface area contributed by atoms with Crippen LogP contribution in [0.5, 0.6) is 5.75 Å². The predicted octanol–water partition coefficient (Wildman–Crippen LogP) is 3.52. The Morgan fingerprint density at radius 1 is 1.38 bits per heavy atom. The van der Waals surface area contributed by atoms with Crippen LogP contribution in [0.15, 0.2) is 41.8 Å². The molecule has 1 N–H and O–H groups in total. The average molecular weight is 365 g/mol. The number of carbonyl (C=O) groups is 2. The first-order chi connectivity index (χ1) is 11.5. The Kier molecular flexibility index (Phi) is 6.40. The van der Waals surface area contributed by atoms with Crippen LogP contribution in [-0.4, -0.2) is 37.4 Å². The van der Waals surface area contributed by atoms with E-state index in [4.69, 9.17) is 16.3 Å². The number of nitrogens with zero attached hydrogens (tertiary/aromatic N) is 1. The van der Waals surface area contributed by atoms with Crippen molar-refractivity contribution in [3.8, 4) is 5.75 Å². The summed E-state index contributed by atoms with van der Waals surface area (Å²) in [6.45, 7) is -0.0801. The summed E-state index contributed by atoms with van der Waals surface area (Å²) in [5.41, 5.74) is 0.463. The second kappa shape index (κ2) is 8.52. The number of nitrogens with one attached hydrogen (secondary N) is 1. The Morgan fingerprint density at radius 2 is 2.17 bits per heavy atom. The van der Waals surface area contributed by atoms with Gasteiger partial charge in [0.15, 0.2) is 0 Å². The second-order valence-electron chi connectivity index (χ2n) is 4.94. The van der Waals surface area contributed by atoms with Crippen LogP contribution >= 0.6 is 22.9 Å². The third-order valence-electron chi connectivity index (χ3n) is 3.13. The van der Waals surface area contributed by atoms with Crippen LogP contribution in [0.3, 0.4) is 0 Å². The number of rotatable bonds is 6. The van der Waals surface area contributed by atoms with Crippen molar-refractivity contribution in [3.05, 3.63) is 51.7 Å². The fourth-order valence-corrected chi connectivity index (χ4v) is 2.72. The van der Waals surface area contributed by atoms with Gasteiger partial charge >= 0.3 is 0 Å². The summed E-state index contributed by atoms with van der Waals surface area (Å²) in [5.74, 6) is -0.0909. The van der Waals surface area contributed by atoms with E-state index in [1.54, 1.807) is 31.3 Å². The molecule has 0 aliphatic rings.